The van der Waals surface area contributed by atoms with Gasteiger partial charge in [-0.3, -0.25) is 4.99 Å². The number of nitrogens with one attached hydrogen (secondary N) is 2. The van der Waals surface area contributed by atoms with E-state index in [1.165, 1.54) is 5.56 Å². The Bertz CT molecular complexity index is 653. The molecule has 2 aromatic rings. The van der Waals surface area contributed by atoms with Gasteiger partial charge in [0.2, 0.25) is 0 Å². The van der Waals surface area contributed by atoms with Crippen LogP contribution >= 0.6 is 35.6 Å². The maximum absolute atomic E-state index is 6.16. The van der Waals surface area contributed by atoms with Gasteiger partial charge in [0.15, 0.2) is 5.96 Å². The molecule has 2 aromatic carbocycles. The van der Waals surface area contributed by atoms with E-state index >= 15 is 0 Å². The van der Waals surface area contributed by atoms with Gasteiger partial charge in [-0.05, 0) is 30.0 Å². The van der Waals surface area contributed by atoms with Gasteiger partial charge < -0.3 is 15.4 Å². The Balaban J connectivity index is 0.00000338. The summed E-state index contributed by atoms with van der Waals surface area (Å²) in [4.78, 5) is 4.23. The normalized spacial score (nSPS) is 10.9. The molecule has 0 spiro atoms. The molecule has 2 rings (SSSR count). The molecule has 0 saturated carbocycles. The number of halogens is 2. The summed E-state index contributed by atoms with van der Waals surface area (Å²) in [5.41, 5.74) is 2.27. The van der Waals surface area contributed by atoms with E-state index in [2.05, 4.69) is 27.8 Å². The third kappa shape index (κ3) is 8.87. The van der Waals surface area contributed by atoms with Gasteiger partial charge in [-0.15, -0.1) is 24.0 Å². The van der Waals surface area contributed by atoms with E-state index in [-0.39, 0.29) is 24.0 Å². The van der Waals surface area contributed by atoms with Crippen LogP contribution in [0.25, 0.3) is 0 Å². The number of hydrogen-bond donors (Lipinski definition) is 2. The van der Waals surface area contributed by atoms with Crippen LogP contribution in [0.15, 0.2) is 59.6 Å². The van der Waals surface area contributed by atoms with E-state index in [4.69, 9.17) is 16.3 Å². The molecule has 0 bridgehead atoms. The van der Waals surface area contributed by atoms with Gasteiger partial charge in [0, 0.05) is 31.8 Å². The van der Waals surface area contributed by atoms with Crippen molar-refractivity contribution in [1.29, 1.82) is 0 Å². The quantitative estimate of drug-likeness (QED) is 0.235. The Morgan fingerprint density at radius 1 is 1.00 bits per heavy atom. The average molecular weight is 488 g/mol. The van der Waals surface area contributed by atoms with E-state index in [0.717, 1.165) is 42.5 Å². The van der Waals surface area contributed by atoms with Crippen LogP contribution in [0.3, 0.4) is 0 Å². The lowest BCUT2D eigenvalue weighted by atomic mass is 10.2. The number of rotatable bonds is 9. The van der Waals surface area contributed by atoms with Crippen molar-refractivity contribution in [2.45, 2.75) is 26.0 Å². The molecule has 0 unspecified atom stereocenters. The Morgan fingerprint density at radius 2 is 1.73 bits per heavy atom. The lowest BCUT2D eigenvalue weighted by Gasteiger charge is -2.12. The molecule has 0 saturated heterocycles. The summed E-state index contributed by atoms with van der Waals surface area (Å²) < 4.78 is 5.68. The molecule has 0 aliphatic rings. The molecule has 4 nitrogen and oxygen atoms in total. The number of hydrogen-bond acceptors (Lipinski definition) is 2. The van der Waals surface area contributed by atoms with Crippen LogP contribution in [-0.2, 0) is 17.9 Å². The lowest BCUT2D eigenvalue weighted by molar-refractivity contribution is 0.117. The molecule has 0 amide bonds. The van der Waals surface area contributed by atoms with Crippen molar-refractivity contribution in [3.63, 3.8) is 0 Å². The van der Waals surface area contributed by atoms with E-state index in [1.54, 1.807) is 7.05 Å². The third-order valence-corrected chi connectivity index (χ3v) is 4.12. The Labute approximate surface area is 178 Å². The number of guanidine groups is 1. The molecular formula is C20H27ClIN3O. The first-order valence-corrected chi connectivity index (χ1v) is 8.97. The summed E-state index contributed by atoms with van der Waals surface area (Å²) in [6.07, 6.45) is 2.04. The van der Waals surface area contributed by atoms with E-state index in [1.807, 2.05) is 42.5 Å². The molecular weight excluding hydrogens is 461 g/mol. The molecule has 2 N–H and O–H groups in total. The highest BCUT2D eigenvalue weighted by atomic mass is 127. The van der Waals surface area contributed by atoms with Crippen LogP contribution in [0.4, 0.5) is 0 Å². The van der Waals surface area contributed by atoms with E-state index in [9.17, 15) is 0 Å². The summed E-state index contributed by atoms with van der Waals surface area (Å²) in [5.74, 6) is 0.783. The standard InChI is InChI=1S/C20H26ClN3O.HI/c1-22-20(24-15-18-11-5-6-12-19(18)21)23-13-7-8-14-25-16-17-9-3-2-4-10-17;/h2-6,9-12H,7-8,13-16H2,1H3,(H2,22,23,24);1H. The van der Waals surface area contributed by atoms with Crippen LogP contribution in [0.1, 0.15) is 24.0 Å². The minimum Gasteiger partial charge on any atom is -0.377 e. The fourth-order valence-corrected chi connectivity index (χ4v) is 2.54. The second-order valence-corrected chi connectivity index (χ2v) is 6.10. The van der Waals surface area contributed by atoms with Crippen LogP contribution in [-0.4, -0.2) is 26.2 Å². The SMILES string of the molecule is CN=C(NCCCCOCc1ccccc1)NCc1ccccc1Cl.I. The Hall–Kier alpha value is -1.31. The zero-order valence-electron chi connectivity index (χ0n) is 15.1. The predicted octanol–water partition coefficient (Wildman–Crippen LogP) is 4.62. The predicted molar refractivity (Wildman–Crippen MR) is 120 cm³/mol. The first-order chi connectivity index (χ1) is 12.3. The number of benzene rings is 2. The minimum atomic E-state index is 0. The van der Waals surface area contributed by atoms with Gasteiger partial charge in [0.05, 0.1) is 6.61 Å². The number of unbranched alkanes of at least 4 members (excludes halogenated alkanes) is 1. The van der Waals surface area contributed by atoms with Gasteiger partial charge in [0.25, 0.3) is 0 Å². The Kier molecular flexibility index (Phi) is 12.1. The van der Waals surface area contributed by atoms with Crippen LogP contribution < -0.4 is 10.6 Å². The van der Waals surface area contributed by atoms with Crippen LogP contribution in [0, 0.1) is 0 Å². The number of ether oxygens (including phenoxy) is 1. The molecule has 6 heteroatoms. The molecule has 0 aromatic heterocycles. The highest BCUT2D eigenvalue weighted by molar-refractivity contribution is 14.0. The minimum absolute atomic E-state index is 0. The molecule has 0 aliphatic carbocycles. The lowest BCUT2D eigenvalue weighted by Crippen LogP contribution is -2.37. The highest BCUT2D eigenvalue weighted by Crippen LogP contribution is 2.14. The summed E-state index contributed by atoms with van der Waals surface area (Å²) in [6.45, 7) is 2.95. The van der Waals surface area contributed by atoms with Crippen molar-refractivity contribution in [1.82, 2.24) is 10.6 Å². The van der Waals surface area contributed by atoms with Crippen molar-refractivity contribution in [3.05, 3.63) is 70.7 Å². The van der Waals surface area contributed by atoms with Gasteiger partial charge in [-0.2, -0.15) is 0 Å². The maximum Gasteiger partial charge on any atom is 0.191 e. The van der Waals surface area contributed by atoms with E-state index in [0.29, 0.717) is 13.2 Å². The molecule has 0 aliphatic heterocycles. The summed E-state index contributed by atoms with van der Waals surface area (Å²) in [5, 5.41) is 7.35. The molecule has 0 radical (unpaired) electrons. The summed E-state index contributed by atoms with van der Waals surface area (Å²) in [6, 6.07) is 18.0. The molecule has 0 fully saturated rings. The fraction of sp³-hybridized carbons (Fsp3) is 0.350. The van der Waals surface area contributed by atoms with Crippen LogP contribution in [0.2, 0.25) is 5.02 Å². The van der Waals surface area contributed by atoms with Crippen molar-refractivity contribution in [2.24, 2.45) is 4.99 Å². The van der Waals surface area contributed by atoms with Gasteiger partial charge in [-0.25, -0.2) is 0 Å². The summed E-state index contributed by atoms with van der Waals surface area (Å²) >= 11 is 6.16. The third-order valence-electron chi connectivity index (χ3n) is 3.75. The van der Waals surface area contributed by atoms with Crippen molar-refractivity contribution in [2.75, 3.05) is 20.2 Å². The monoisotopic (exact) mass is 487 g/mol. The molecule has 0 heterocycles. The zero-order valence-corrected chi connectivity index (χ0v) is 18.2. The largest absolute Gasteiger partial charge is 0.377 e. The van der Waals surface area contributed by atoms with Crippen molar-refractivity contribution in [3.8, 4) is 0 Å². The average Bonchev–Trinajstić information content (AvgIpc) is 2.65. The van der Waals surface area contributed by atoms with Gasteiger partial charge >= 0.3 is 0 Å². The zero-order chi connectivity index (χ0) is 17.7. The van der Waals surface area contributed by atoms with Gasteiger partial charge in [-0.1, -0.05) is 60.1 Å². The van der Waals surface area contributed by atoms with Crippen LogP contribution in [0.5, 0.6) is 0 Å². The maximum atomic E-state index is 6.16. The first kappa shape index (κ1) is 22.7. The second-order valence-electron chi connectivity index (χ2n) is 5.69. The van der Waals surface area contributed by atoms with Crippen molar-refractivity contribution < 1.29 is 4.74 Å². The van der Waals surface area contributed by atoms with E-state index < -0.39 is 0 Å². The smallest absolute Gasteiger partial charge is 0.191 e. The first-order valence-electron chi connectivity index (χ1n) is 8.59. The Morgan fingerprint density at radius 3 is 2.46 bits per heavy atom. The van der Waals surface area contributed by atoms with Gasteiger partial charge in [0.1, 0.15) is 0 Å². The molecule has 26 heavy (non-hydrogen) atoms. The molecule has 0 atom stereocenters. The number of nitrogens with zero attached hydrogens (tertiary/aromatic N) is 1. The summed E-state index contributed by atoms with van der Waals surface area (Å²) in [7, 11) is 1.77. The fourth-order valence-electron chi connectivity index (χ4n) is 2.34. The van der Waals surface area contributed by atoms with Crippen molar-refractivity contribution >= 4 is 41.5 Å². The molecule has 142 valence electrons. The highest BCUT2D eigenvalue weighted by Gasteiger charge is 2.01. The number of aliphatic imine (C=N–C) groups is 1. The second kappa shape index (κ2) is 13.8. The topological polar surface area (TPSA) is 45.7 Å².